The molecule has 1 heterocycles. The minimum Gasteiger partial charge on any atom is -0.457 e. The lowest BCUT2D eigenvalue weighted by Gasteiger charge is -2.24. The van der Waals surface area contributed by atoms with Crippen LogP contribution in [-0.2, 0) is 26.4 Å². The summed E-state index contributed by atoms with van der Waals surface area (Å²) < 4.78 is 55.7. The van der Waals surface area contributed by atoms with Crippen LogP contribution < -0.4 is 9.04 Å². The molecule has 0 unspecified atom stereocenters. The molecular formula is C21H22N2O5S2. The van der Waals surface area contributed by atoms with Gasteiger partial charge in [-0.15, -0.1) is 0 Å². The number of aromatic nitrogens is 1. The average Bonchev–Trinajstić information content (AvgIpc) is 2.72. The number of hydrogen-bond acceptors (Lipinski definition) is 6. The van der Waals surface area contributed by atoms with Crippen molar-refractivity contribution in [1.82, 2.24) is 4.98 Å². The van der Waals surface area contributed by atoms with Gasteiger partial charge in [-0.2, -0.15) is 0 Å². The van der Waals surface area contributed by atoms with E-state index < -0.39 is 19.9 Å². The van der Waals surface area contributed by atoms with Gasteiger partial charge in [0.15, 0.2) is 9.84 Å². The Morgan fingerprint density at radius 2 is 1.67 bits per heavy atom. The highest BCUT2D eigenvalue weighted by molar-refractivity contribution is 7.92. The van der Waals surface area contributed by atoms with E-state index in [9.17, 15) is 16.8 Å². The zero-order valence-corrected chi connectivity index (χ0v) is 18.2. The van der Waals surface area contributed by atoms with E-state index in [1.54, 1.807) is 61.8 Å². The molecule has 1 aromatic heterocycles. The van der Waals surface area contributed by atoms with Crippen molar-refractivity contribution in [3.63, 3.8) is 0 Å². The molecule has 0 atom stereocenters. The molecule has 3 rings (SSSR count). The highest BCUT2D eigenvalue weighted by Crippen LogP contribution is 2.29. The summed E-state index contributed by atoms with van der Waals surface area (Å²) >= 11 is 0. The molecule has 3 aromatic rings. The number of nitrogens with zero attached hydrogens (tertiary/aromatic N) is 2. The molecule has 0 bridgehead atoms. The third-order valence-corrected chi connectivity index (χ3v) is 7.21. The number of sulfone groups is 1. The smallest absolute Gasteiger partial charge is 0.235 e. The summed E-state index contributed by atoms with van der Waals surface area (Å²) in [7, 11) is -6.83. The molecule has 30 heavy (non-hydrogen) atoms. The zero-order chi connectivity index (χ0) is 21.8. The van der Waals surface area contributed by atoms with E-state index in [4.69, 9.17) is 4.74 Å². The molecule has 0 aliphatic heterocycles. The molecule has 2 aromatic carbocycles. The first kappa shape index (κ1) is 21.8. The van der Waals surface area contributed by atoms with Crippen molar-refractivity contribution >= 4 is 25.5 Å². The number of rotatable bonds is 8. The maximum absolute atomic E-state index is 12.7. The first-order chi connectivity index (χ1) is 14.2. The summed E-state index contributed by atoms with van der Waals surface area (Å²) in [5.74, 6) is 0.824. The van der Waals surface area contributed by atoms with E-state index in [1.807, 2.05) is 6.07 Å². The Kier molecular flexibility index (Phi) is 6.42. The fourth-order valence-electron chi connectivity index (χ4n) is 2.76. The van der Waals surface area contributed by atoms with Crippen LogP contribution >= 0.6 is 0 Å². The van der Waals surface area contributed by atoms with E-state index in [2.05, 4.69) is 4.98 Å². The van der Waals surface area contributed by atoms with Crippen LogP contribution in [0, 0.1) is 0 Å². The topological polar surface area (TPSA) is 93.6 Å². The summed E-state index contributed by atoms with van der Waals surface area (Å²) in [6.45, 7) is 1.74. The van der Waals surface area contributed by atoms with Crippen LogP contribution in [-0.4, -0.2) is 33.8 Å². The molecule has 0 N–H and O–H groups in total. The van der Waals surface area contributed by atoms with Crippen LogP contribution in [0.1, 0.15) is 12.5 Å². The minimum atomic E-state index is -3.54. The van der Waals surface area contributed by atoms with Crippen LogP contribution in [0.2, 0.25) is 0 Å². The van der Waals surface area contributed by atoms with Crippen molar-refractivity contribution < 1.29 is 21.6 Å². The van der Waals surface area contributed by atoms with Gasteiger partial charge in [-0.1, -0.05) is 12.1 Å². The highest BCUT2D eigenvalue weighted by Gasteiger charge is 2.21. The second-order valence-electron chi connectivity index (χ2n) is 6.61. The standard InChI is InChI=1S/C21H22N2O5S2/c1-3-30(26,27)23(16-17-6-5-13-22-15-17)18-7-4-8-20(14-18)28-19-9-11-21(12-10-19)29(2,24)25/h4-15H,3,16H2,1-2H3. The SMILES string of the molecule is CCS(=O)(=O)N(Cc1cccnc1)c1cccc(Oc2ccc(S(C)(=O)=O)cc2)c1. The van der Waals surface area contributed by atoms with Crippen molar-refractivity contribution in [2.45, 2.75) is 18.4 Å². The first-order valence-corrected chi connectivity index (χ1v) is 12.7. The van der Waals surface area contributed by atoms with Gasteiger partial charge in [-0.25, -0.2) is 16.8 Å². The predicted molar refractivity (Wildman–Crippen MR) is 116 cm³/mol. The second-order valence-corrected chi connectivity index (χ2v) is 10.8. The third kappa shape index (κ3) is 5.37. The molecule has 0 aliphatic rings. The largest absolute Gasteiger partial charge is 0.457 e. The van der Waals surface area contributed by atoms with Crippen LogP contribution in [0.15, 0.2) is 78.0 Å². The number of benzene rings is 2. The van der Waals surface area contributed by atoms with E-state index in [0.717, 1.165) is 11.8 Å². The molecule has 0 saturated carbocycles. The van der Waals surface area contributed by atoms with Crippen LogP contribution in [0.4, 0.5) is 5.69 Å². The zero-order valence-electron chi connectivity index (χ0n) is 16.6. The van der Waals surface area contributed by atoms with Gasteiger partial charge in [0.1, 0.15) is 11.5 Å². The minimum absolute atomic E-state index is 0.0503. The Morgan fingerprint density at radius 3 is 2.27 bits per heavy atom. The molecule has 0 amide bonds. The second kappa shape index (κ2) is 8.85. The molecule has 9 heteroatoms. The fourth-order valence-corrected chi connectivity index (χ4v) is 4.48. The van der Waals surface area contributed by atoms with Crippen molar-refractivity contribution in [2.24, 2.45) is 0 Å². The summed E-state index contributed by atoms with van der Waals surface area (Å²) in [6.07, 6.45) is 4.39. The van der Waals surface area contributed by atoms with E-state index in [-0.39, 0.29) is 17.2 Å². The number of anilines is 1. The van der Waals surface area contributed by atoms with Gasteiger partial charge in [-0.3, -0.25) is 9.29 Å². The van der Waals surface area contributed by atoms with Gasteiger partial charge in [0.2, 0.25) is 10.0 Å². The van der Waals surface area contributed by atoms with E-state index >= 15 is 0 Å². The Balaban J connectivity index is 1.89. The average molecular weight is 447 g/mol. The first-order valence-electron chi connectivity index (χ1n) is 9.16. The Morgan fingerprint density at radius 1 is 0.933 bits per heavy atom. The lowest BCUT2D eigenvalue weighted by Crippen LogP contribution is -2.31. The van der Waals surface area contributed by atoms with E-state index in [0.29, 0.717) is 17.2 Å². The summed E-state index contributed by atoms with van der Waals surface area (Å²) in [5, 5.41) is 0. The van der Waals surface area contributed by atoms with Crippen molar-refractivity contribution in [3.05, 3.63) is 78.6 Å². The molecule has 7 nitrogen and oxygen atoms in total. The summed E-state index contributed by atoms with van der Waals surface area (Å²) in [4.78, 5) is 4.24. The van der Waals surface area contributed by atoms with E-state index in [1.165, 1.54) is 16.4 Å². The van der Waals surface area contributed by atoms with Crippen molar-refractivity contribution in [2.75, 3.05) is 16.3 Å². The van der Waals surface area contributed by atoms with Gasteiger partial charge < -0.3 is 4.74 Å². The van der Waals surface area contributed by atoms with Gasteiger partial charge in [0.25, 0.3) is 0 Å². The number of pyridine rings is 1. The normalized spacial score (nSPS) is 11.8. The van der Waals surface area contributed by atoms with Crippen LogP contribution in [0.5, 0.6) is 11.5 Å². The van der Waals surface area contributed by atoms with Gasteiger partial charge in [0, 0.05) is 24.7 Å². The predicted octanol–water partition coefficient (Wildman–Crippen LogP) is 3.63. The maximum atomic E-state index is 12.7. The molecule has 0 spiro atoms. The molecule has 0 saturated heterocycles. The lowest BCUT2D eigenvalue weighted by atomic mass is 10.2. The van der Waals surface area contributed by atoms with Gasteiger partial charge >= 0.3 is 0 Å². The van der Waals surface area contributed by atoms with Gasteiger partial charge in [0.05, 0.1) is 22.9 Å². The lowest BCUT2D eigenvalue weighted by molar-refractivity contribution is 0.482. The van der Waals surface area contributed by atoms with Crippen LogP contribution in [0.3, 0.4) is 0 Å². The summed E-state index contributed by atoms with van der Waals surface area (Å²) in [6, 6.07) is 16.3. The van der Waals surface area contributed by atoms with Crippen LogP contribution in [0.25, 0.3) is 0 Å². The third-order valence-electron chi connectivity index (χ3n) is 4.34. The number of ether oxygens (including phenoxy) is 1. The Hall–Kier alpha value is -2.91. The van der Waals surface area contributed by atoms with Crippen molar-refractivity contribution in [3.8, 4) is 11.5 Å². The number of sulfonamides is 1. The highest BCUT2D eigenvalue weighted by atomic mass is 32.2. The maximum Gasteiger partial charge on any atom is 0.235 e. The fraction of sp³-hybridized carbons (Fsp3) is 0.190. The molecule has 158 valence electrons. The monoisotopic (exact) mass is 446 g/mol. The van der Waals surface area contributed by atoms with Crippen molar-refractivity contribution in [1.29, 1.82) is 0 Å². The summed E-state index contributed by atoms with van der Waals surface area (Å²) in [5.41, 5.74) is 1.23. The Bertz CT molecular complexity index is 1210. The quantitative estimate of drug-likeness (QED) is 0.524. The van der Waals surface area contributed by atoms with Gasteiger partial charge in [-0.05, 0) is 55.0 Å². The molecular weight excluding hydrogens is 424 g/mol. The molecule has 0 radical (unpaired) electrons. The number of hydrogen-bond donors (Lipinski definition) is 0. The molecule has 0 aliphatic carbocycles. The Labute approximate surface area is 176 Å². The molecule has 0 fully saturated rings.